The van der Waals surface area contributed by atoms with Crippen LogP contribution in [0.5, 0.6) is 17.2 Å². The molecule has 1 heterocycles. The number of hydrogen-bond acceptors (Lipinski definition) is 5. The molecule has 0 aliphatic heterocycles. The molecule has 4 aromatic rings. The second-order valence-electron chi connectivity index (χ2n) is 7.06. The number of benzene rings is 3. The number of fused-ring (bicyclic) bond motifs is 1. The maximum Gasteiger partial charge on any atom is 0.453 e. The molecule has 0 aliphatic rings. The second-order valence-corrected chi connectivity index (χ2v) is 7.50. The molecule has 0 saturated carbocycles. The number of hydrogen-bond donors (Lipinski definition) is 0. The van der Waals surface area contributed by atoms with Crippen LogP contribution in [0.4, 0.5) is 13.2 Å². The van der Waals surface area contributed by atoms with Crippen molar-refractivity contribution in [2.24, 2.45) is 0 Å². The van der Waals surface area contributed by atoms with Crippen molar-refractivity contribution in [2.75, 3.05) is 0 Å². The van der Waals surface area contributed by atoms with Crippen LogP contribution in [0, 0.1) is 6.92 Å². The average Bonchev–Trinajstić information content (AvgIpc) is 2.75. The zero-order valence-corrected chi connectivity index (χ0v) is 17.7. The van der Waals surface area contributed by atoms with Crippen molar-refractivity contribution in [2.45, 2.75) is 13.1 Å². The van der Waals surface area contributed by atoms with Gasteiger partial charge in [-0.2, -0.15) is 13.2 Å². The van der Waals surface area contributed by atoms with Crippen LogP contribution in [0.1, 0.15) is 21.7 Å². The van der Waals surface area contributed by atoms with Crippen LogP contribution in [0.2, 0.25) is 5.02 Å². The first-order valence-corrected chi connectivity index (χ1v) is 9.90. The van der Waals surface area contributed by atoms with E-state index in [1.165, 1.54) is 36.4 Å². The molecule has 3 aromatic carbocycles. The Morgan fingerprint density at radius 1 is 0.970 bits per heavy atom. The Hall–Kier alpha value is -3.78. The van der Waals surface area contributed by atoms with Crippen LogP contribution in [-0.4, -0.2) is 5.97 Å². The quantitative estimate of drug-likeness (QED) is 0.241. The maximum atomic E-state index is 13.7. The summed E-state index contributed by atoms with van der Waals surface area (Å²) >= 11 is 5.85. The predicted molar refractivity (Wildman–Crippen MR) is 115 cm³/mol. The molecule has 0 spiro atoms. The summed E-state index contributed by atoms with van der Waals surface area (Å²) in [4.78, 5) is 25.2. The molecular formula is C24H14ClF3O5. The predicted octanol–water partition coefficient (Wildman–Crippen LogP) is 6.79. The van der Waals surface area contributed by atoms with Crippen LogP contribution in [0.15, 0.2) is 75.9 Å². The van der Waals surface area contributed by atoms with Crippen molar-refractivity contribution in [3.05, 3.63) is 98.9 Å². The third-order valence-corrected chi connectivity index (χ3v) is 4.80. The summed E-state index contributed by atoms with van der Waals surface area (Å²) in [6.45, 7) is 1.73. The van der Waals surface area contributed by atoms with Crippen molar-refractivity contribution in [3.8, 4) is 17.2 Å². The van der Waals surface area contributed by atoms with E-state index in [-0.39, 0.29) is 22.4 Å². The van der Waals surface area contributed by atoms with Crippen molar-refractivity contribution in [1.29, 1.82) is 0 Å². The Labute approximate surface area is 189 Å². The van der Waals surface area contributed by atoms with Gasteiger partial charge in [-0.15, -0.1) is 0 Å². The summed E-state index contributed by atoms with van der Waals surface area (Å²) in [7, 11) is 0. The molecule has 168 valence electrons. The fraction of sp³-hybridized carbons (Fsp3) is 0.0833. The van der Waals surface area contributed by atoms with Crippen LogP contribution in [0.25, 0.3) is 11.0 Å². The van der Waals surface area contributed by atoms with Gasteiger partial charge >= 0.3 is 12.1 Å². The Kier molecular flexibility index (Phi) is 5.86. The SMILES string of the molecule is Cc1cccc(Oc2c(C(F)(F)F)oc3cc(OC(=O)c4cccc(Cl)c4)ccc3c2=O)c1. The van der Waals surface area contributed by atoms with Crippen molar-refractivity contribution in [3.63, 3.8) is 0 Å². The van der Waals surface area contributed by atoms with Crippen LogP contribution in [0.3, 0.4) is 0 Å². The number of ether oxygens (including phenoxy) is 2. The van der Waals surface area contributed by atoms with E-state index in [9.17, 15) is 22.8 Å². The Balaban J connectivity index is 1.76. The summed E-state index contributed by atoms with van der Waals surface area (Å²) in [6, 6.07) is 15.7. The third-order valence-electron chi connectivity index (χ3n) is 4.56. The summed E-state index contributed by atoms with van der Waals surface area (Å²) in [5, 5.41) is 0.137. The number of aryl methyl sites for hydroxylation is 1. The molecule has 0 aliphatic carbocycles. The Morgan fingerprint density at radius 3 is 2.42 bits per heavy atom. The molecule has 1 aromatic heterocycles. The number of carbonyl (C=O) groups is 1. The first kappa shape index (κ1) is 22.4. The van der Waals surface area contributed by atoms with Crippen LogP contribution >= 0.6 is 11.6 Å². The summed E-state index contributed by atoms with van der Waals surface area (Å²) in [5.41, 5.74) is -0.558. The minimum absolute atomic E-state index is 0.0548. The zero-order valence-electron chi connectivity index (χ0n) is 16.9. The van der Waals surface area contributed by atoms with Gasteiger partial charge in [-0.3, -0.25) is 4.79 Å². The number of carbonyl (C=O) groups excluding carboxylic acids is 1. The topological polar surface area (TPSA) is 65.7 Å². The largest absolute Gasteiger partial charge is 0.453 e. The molecule has 0 unspecified atom stereocenters. The van der Waals surface area contributed by atoms with E-state index in [0.29, 0.717) is 5.02 Å². The van der Waals surface area contributed by atoms with Gasteiger partial charge in [-0.05, 0) is 55.0 Å². The van der Waals surface area contributed by atoms with Gasteiger partial charge in [0.15, 0.2) is 0 Å². The van der Waals surface area contributed by atoms with E-state index >= 15 is 0 Å². The number of alkyl halides is 3. The highest BCUT2D eigenvalue weighted by Gasteiger charge is 2.40. The zero-order chi connectivity index (χ0) is 23.8. The molecule has 9 heteroatoms. The van der Waals surface area contributed by atoms with Gasteiger partial charge in [0.1, 0.15) is 17.1 Å². The van der Waals surface area contributed by atoms with E-state index in [2.05, 4.69) is 0 Å². The molecule has 4 rings (SSSR count). The van der Waals surface area contributed by atoms with E-state index in [1.54, 1.807) is 31.2 Å². The second kappa shape index (κ2) is 8.63. The third kappa shape index (κ3) is 4.85. The molecule has 0 atom stereocenters. The summed E-state index contributed by atoms with van der Waals surface area (Å²) in [5.74, 6) is -3.42. The first-order valence-electron chi connectivity index (χ1n) is 9.52. The molecule has 0 bridgehead atoms. The monoisotopic (exact) mass is 474 g/mol. The molecular weight excluding hydrogens is 461 g/mol. The number of esters is 1. The number of rotatable bonds is 4. The van der Waals surface area contributed by atoms with Crippen molar-refractivity contribution >= 4 is 28.5 Å². The fourth-order valence-electron chi connectivity index (χ4n) is 3.08. The fourth-order valence-corrected chi connectivity index (χ4v) is 3.27. The smallest absolute Gasteiger partial charge is 0.449 e. The highest BCUT2D eigenvalue weighted by Crippen LogP contribution is 2.38. The minimum atomic E-state index is -5.01. The van der Waals surface area contributed by atoms with Crippen molar-refractivity contribution in [1.82, 2.24) is 0 Å². The van der Waals surface area contributed by atoms with Gasteiger partial charge in [-0.1, -0.05) is 29.8 Å². The van der Waals surface area contributed by atoms with E-state index in [1.807, 2.05) is 0 Å². The highest BCUT2D eigenvalue weighted by atomic mass is 35.5. The molecule has 0 N–H and O–H groups in total. The van der Waals surface area contributed by atoms with E-state index in [4.69, 9.17) is 25.5 Å². The standard InChI is InChI=1S/C24H14ClF3O5/c1-13-4-2-7-16(10-13)31-21-20(29)18-9-8-17(12-19(18)33-22(21)24(26,27)28)32-23(30)14-5-3-6-15(25)11-14/h2-12H,1H3. The van der Waals surface area contributed by atoms with Gasteiger partial charge in [0.2, 0.25) is 11.2 Å². The van der Waals surface area contributed by atoms with Gasteiger partial charge < -0.3 is 13.9 Å². The highest BCUT2D eigenvalue weighted by molar-refractivity contribution is 6.30. The lowest BCUT2D eigenvalue weighted by molar-refractivity contribution is -0.154. The first-order chi connectivity index (χ1) is 15.6. The van der Waals surface area contributed by atoms with E-state index < -0.39 is 34.7 Å². The van der Waals surface area contributed by atoms with Gasteiger partial charge in [0.25, 0.3) is 5.76 Å². The van der Waals surface area contributed by atoms with Gasteiger partial charge in [0.05, 0.1) is 10.9 Å². The lowest BCUT2D eigenvalue weighted by Crippen LogP contribution is -2.15. The lowest BCUT2D eigenvalue weighted by atomic mass is 10.2. The molecule has 0 fully saturated rings. The maximum absolute atomic E-state index is 13.7. The average molecular weight is 475 g/mol. The molecule has 5 nitrogen and oxygen atoms in total. The minimum Gasteiger partial charge on any atom is -0.449 e. The summed E-state index contributed by atoms with van der Waals surface area (Å²) < 4.78 is 56.6. The summed E-state index contributed by atoms with van der Waals surface area (Å²) in [6.07, 6.45) is -5.01. The lowest BCUT2D eigenvalue weighted by Gasteiger charge is -2.14. The van der Waals surface area contributed by atoms with Crippen LogP contribution < -0.4 is 14.9 Å². The number of halogens is 4. The Bertz CT molecular complexity index is 1430. The normalized spacial score (nSPS) is 11.4. The molecule has 33 heavy (non-hydrogen) atoms. The van der Waals surface area contributed by atoms with Crippen molar-refractivity contribution < 1.29 is 31.9 Å². The Morgan fingerprint density at radius 2 is 1.73 bits per heavy atom. The molecule has 0 saturated heterocycles. The van der Waals surface area contributed by atoms with Gasteiger partial charge in [0, 0.05) is 11.1 Å². The van der Waals surface area contributed by atoms with Gasteiger partial charge in [-0.25, -0.2) is 4.79 Å². The molecule has 0 radical (unpaired) electrons. The van der Waals surface area contributed by atoms with Crippen LogP contribution in [-0.2, 0) is 6.18 Å². The molecule has 0 amide bonds. The van der Waals surface area contributed by atoms with E-state index in [0.717, 1.165) is 11.6 Å².